The number of aliphatic hydroxyl groups is 1. The Balaban J connectivity index is 1.57. The summed E-state index contributed by atoms with van der Waals surface area (Å²) in [6.07, 6.45) is -3.27. The Morgan fingerprint density at radius 2 is 1.94 bits per heavy atom. The molecule has 3 atom stereocenters. The molecule has 1 amide bonds. The van der Waals surface area contributed by atoms with Crippen molar-refractivity contribution < 1.29 is 27.6 Å². The third kappa shape index (κ3) is 4.18. The molecular formula is C20H20F3N5O3. The van der Waals surface area contributed by atoms with Crippen LogP contribution in [0.3, 0.4) is 0 Å². The minimum absolute atomic E-state index is 0.0782. The van der Waals surface area contributed by atoms with Crippen molar-refractivity contribution in [2.45, 2.75) is 44.0 Å². The normalized spacial score (nSPS) is 20.6. The van der Waals surface area contributed by atoms with Crippen molar-refractivity contribution in [3.63, 3.8) is 0 Å². The fraction of sp³-hybridized carbons (Fsp3) is 0.400. The summed E-state index contributed by atoms with van der Waals surface area (Å²) >= 11 is 0. The van der Waals surface area contributed by atoms with E-state index in [0.717, 1.165) is 6.07 Å². The van der Waals surface area contributed by atoms with Gasteiger partial charge in [-0.2, -0.15) is 28.2 Å². The number of alkyl halides is 3. The van der Waals surface area contributed by atoms with Crippen LogP contribution < -0.4 is 0 Å². The third-order valence-electron chi connectivity index (χ3n) is 5.45. The van der Waals surface area contributed by atoms with Gasteiger partial charge in [-0.25, -0.2) is 0 Å². The topological polar surface area (TPSA) is 97.3 Å². The quantitative estimate of drug-likeness (QED) is 0.676. The minimum atomic E-state index is -4.83. The van der Waals surface area contributed by atoms with E-state index >= 15 is 0 Å². The number of amides is 1. The molecular weight excluding hydrogens is 415 g/mol. The lowest BCUT2D eigenvalue weighted by Crippen LogP contribution is -2.45. The van der Waals surface area contributed by atoms with Crippen LogP contribution in [0.25, 0.3) is 5.69 Å². The lowest BCUT2D eigenvalue weighted by molar-refractivity contribution is -0.208. The first-order valence-electron chi connectivity index (χ1n) is 9.73. The SMILES string of the molecule is C[C@@H]1CC[C@@H](c2cc([C@@H](O)C(F)(F)F)no2)CN1C(=O)c1ccccc1-n1nccn1. The van der Waals surface area contributed by atoms with E-state index in [-0.39, 0.29) is 30.2 Å². The number of hydrogen-bond acceptors (Lipinski definition) is 6. The smallest absolute Gasteiger partial charge is 0.378 e. The number of rotatable bonds is 4. The van der Waals surface area contributed by atoms with Gasteiger partial charge in [-0.05, 0) is 31.9 Å². The van der Waals surface area contributed by atoms with Crippen molar-refractivity contribution in [1.82, 2.24) is 25.1 Å². The molecule has 3 aromatic rings. The first kappa shape index (κ1) is 21.0. The number of para-hydroxylation sites is 1. The zero-order valence-corrected chi connectivity index (χ0v) is 16.5. The number of halogens is 3. The van der Waals surface area contributed by atoms with Crippen LogP contribution in [0.4, 0.5) is 13.2 Å². The maximum Gasteiger partial charge on any atom is 0.420 e. The molecule has 0 radical (unpaired) electrons. The molecule has 1 fully saturated rings. The lowest BCUT2D eigenvalue weighted by atomic mass is 9.90. The van der Waals surface area contributed by atoms with Crippen molar-refractivity contribution in [3.8, 4) is 5.69 Å². The summed E-state index contributed by atoms with van der Waals surface area (Å²) in [6.45, 7) is 2.17. The molecule has 1 N–H and O–H groups in total. The highest BCUT2D eigenvalue weighted by Crippen LogP contribution is 2.36. The summed E-state index contributed by atoms with van der Waals surface area (Å²) in [5, 5.41) is 21.0. The molecule has 0 saturated carbocycles. The van der Waals surface area contributed by atoms with E-state index in [1.165, 1.54) is 17.2 Å². The van der Waals surface area contributed by atoms with Gasteiger partial charge in [-0.1, -0.05) is 17.3 Å². The van der Waals surface area contributed by atoms with E-state index in [9.17, 15) is 23.1 Å². The van der Waals surface area contributed by atoms with Crippen LogP contribution in [0, 0.1) is 0 Å². The molecule has 1 aromatic carbocycles. The van der Waals surface area contributed by atoms with Gasteiger partial charge >= 0.3 is 6.18 Å². The highest BCUT2D eigenvalue weighted by atomic mass is 19.4. The zero-order valence-electron chi connectivity index (χ0n) is 16.5. The second kappa shape index (κ2) is 8.14. The van der Waals surface area contributed by atoms with Gasteiger partial charge in [0.25, 0.3) is 5.91 Å². The molecule has 31 heavy (non-hydrogen) atoms. The fourth-order valence-corrected chi connectivity index (χ4v) is 3.74. The molecule has 1 aliphatic rings. The largest absolute Gasteiger partial charge is 0.420 e. The van der Waals surface area contributed by atoms with Crippen molar-refractivity contribution in [2.75, 3.05) is 6.54 Å². The number of carbonyl (C=O) groups excluding carboxylic acids is 1. The molecule has 0 unspecified atom stereocenters. The Labute approximate surface area is 175 Å². The van der Waals surface area contributed by atoms with Crippen LogP contribution in [-0.2, 0) is 0 Å². The summed E-state index contributed by atoms with van der Waals surface area (Å²) in [6, 6.07) is 7.98. The molecule has 4 rings (SSSR count). The van der Waals surface area contributed by atoms with Crippen molar-refractivity contribution >= 4 is 5.91 Å². The molecule has 0 bridgehead atoms. The van der Waals surface area contributed by atoms with E-state index in [1.54, 1.807) is 29.2 Å². The van der Waals surface area contributed by atoms with Gasteiger partial charge < -0.3 is 14.5 Å². The zero-order chi connectivity index (χ0) is 22.2. The lowest BCUT2D eigenvalue weighted by Gasteiger charge is -2.37. The number of nitrogens with zero attached hydrogens (tertiary/aromatic N) is 5. The molecule has 11 heteroatoms. The van der Waals surface area contributed by atoms with Gasteiger partial charge in [0, 0.05) is 24.6 Å². The van der Waals surface area contributed by atoms with E-state index in [1.807, 2.05) is 6.92 Å². The maximum absolute atomic E-state index is 13.4. The van der Waals surface area contributed by atoms with Gasteiger partial charge in [0.1, 0.15) is 11.5 Å². The molecule has 0 spiro atoms. The molecule has 2 aromatic heterocycles. The van der Waals surface area contributed by atoms with Gasteiger partial charge in [-0.15, -0.1) is 0 Å². The van der Waals surface area contributed by atoms with Crippen molar-refractivity contribution in [1.29, 1.82) is 0 Å². The molecule has 1 aliphatic heterocycles. The predicted octanol–water partition coefficient (Wildman–Crippen LogP) is 3.26. The van der Waals surface area contributed by atoms with Gasteiger partial charge in [0.05, 0.1) is 23.6 Å². The summed E-state index contributed by atoms with van der Waals surface area (Å²) in [7, 11) is 0. The molecule has 3 heterocycles. The molecule has 1 saturated heterocycles. The maximum atomic E-state index is 13.4. The summed E-state index contributed by atoms with van der Waals surface area (Å²) < 4.78 is 43.4. The second-order valence-corrected chi connectivity index (χ2v) is 7.51. The Morgan fingerprint density at radius 1 is 1.23 bits per heavy atom. The van der Waals surface area contributed by atoms with Gasteiger partial charge in [0.15, 0.2) is 6.10 Å². The number of aliphatic hydroxyl groups excluding tert-OH is 1. The van der Waals surface area contributed by atoms with E-state index in [4.69, 9.17) is 4.52 Å². The summed E-state index contributed by atoms with van der Waals surface area (Å²) in [5.41, 5.74) is 0.355. The number of likely N-dealkylation sites (tertiary alicyclic amines) is 1. The Bertz CT molecular complexity index is 1050. The monoisotopic (exact) mass is 435 g/mol. The summed E-state index contributed by atoms with van der Waals surface area (Å²) in [5.74, 6) is -0.359. The fourth-order valence-electron chi connectivity index (χ4n) is 3.74. The van der Waals surface area contributed by atoms with Crippen LogP contribution >= 0.6 is 0 Å². The first-order chi connectivity index (χ1) is 14.8. The van der Waals surface area contributed by atoms with Crippen LogP contribution in [0.1, 0.15) is 53.6 Å². The third-order valence-corrected chi connectivity index (χ3v) is 5.45. The first-order valence-corrected chi connectivity index (χ1v) is 9.73. The number of carbonyl (C=O) groups is 1. The number of aromatic nitrogens is 4. The Morgan fingerprint density at radius 3 is 2.65 bits per heavy atom. The van der Waals surface area contributed by atoms with Crippen LogP contribution in [-0.4, -0.2) is 54.8 Å². The van der Waals surface area contributed by atoms with E-state index in [2.05, 4.69) is 15.4 Å². The summed E-state index contributed by atoms with van der Waals surface area (Å²) in [4.78, 5) is 16.4. The molecule has 0 aliphatic carbocycles. The minimum Gasteiger partial charge on any atom is -0.378 e. The van der Waals surface area contributed by atoms with Crippen LogP contribution in [0.15, 0.2) is 47.2 Å². The average molecular weight is 435 g/mol. The predicted molar refractivity (Wildman–Crippen MR) is 101 cm³/mol. The molecule has 8 nitrogen and oxygen atoms in total. The van der Waals surface area contributed by atoms with Gasteiger partial charge in [-0.3, -0.25) is 4.79 Å². The average Bonchev–Trinajstić information content (AvgIpc) is 3.45. The standard InChI is InChI=1S/C20H20F3N5O3/c1-12-6-7-13(17-10-15(26-31-17)18(29)20(21,22)23)11-27(12)19(30)14-4-2-3-5-16(14)28-24-8-9-25-28/h2-5,8-10,12-13,18,29H,6-7,11H2,1H3/t12-,13-,18-/m1/s1. The number of benzene rings is 1. The van der Waals surface area contributed by atoms with Crippen molar-refractivity contribution in [3.05, 3.63) is 59.7 Å². The second-order valence-electron chi connectivity index (χ2n) is 7.51. The molecule has 164 valence electrons. The van der Waals surface area contributed by atoms with E-state index in [0.29, 0.717) is 24.1 Å². The van der Waals surface area contributed by atoms with Crippen LogP contribution in [0.5, 0.6) is 0 Å². The highest BCUT2D eigenvalue weighted by Gasteiger charge is 2.42. The number of hydrogen-bond donors (Lipinski definition) is 1. The highest BCUT2D eigenvalue weighted by molar-refractivity contribution is 5.98. The van der Waals surface area contributed by atoms with Gasteiger partial charge in [0.2, 0.25) is 0 Å². The Hall–Kier alpha value is -3.21. The van der Waals surface area contributed by atoms with Crippen molar-refractivity contribution in [2.24, 2.45) is 0 Å². The number of piperidine rings is 1. The van der Waals surface area contributed by atoms with E-state index < -0.39 is 18.0 Å². The Kier molecular flexibility index (Phi) is 5.52. The van der Waals surface area contributed by atoms with Crippen LogP contribution in [0.2, 0.25) is 0 Å².